The lowest BCUT2D eigenvalue weighted by atomic mass is 10.1. The van der Waals surface area contributed by atoms with Crippen LogP contribution >= 0.6 is 0 Å². The molecule has 1 aromatic heterocycles. The minimum atomic E-state index is -3.71. The van der Waals surface area contributed by atoms with Crippen molar-refractivity contribution in [1.82, 2.24) is 14.3 Å². The number of benzene rings is 2. The van der Waals surface area contributed by atoms with E-state index in [2.05, 4.69) is 9.71 Å². The number of imidazole rings is 1. The first-order valence-electron chi connectivity index (χ1n) is 7.60. The van der Waals surface area contributed by atoms with Gasteiger partial charge in [0.2, 0.25) is 10.0 Å². The Hall–Kier alpha value is -2.95. The van der Waals surface area contributed by atoms with Gasteiger partial charge in [0.25, 0.3) is 0 Å². The first-order valence-corrected chi connectivity index (χ1v) is 9.09. The van der Waals surface area contributed by atoms with Crippen molar-refractivity contribution < 1.29 is 8.42 Å². The molecule has 0 aliphatic carbocycles. The molecule has 0 saturated carbocycles. The number of hydrogen-bond donors (Lipinski definition) is 1. The van der Waals surface area contributed by atoms with Crippen LogP contribution in [0.4, 0.5) is 0 Å². The minimum absolute atomic E-state index is 0.0773. The Kier molecular flexibility index (Phi) is 4.65. The molecule has 1 atom stereocenters. The molecule has 0 aliphatic heterocycles. The molecular weight excluding hydrogens is 336 g/mol. The molecule has 126 valence electrons. The maximum atomic E-state index is 12.5. The number of rotatable bonds is 5. The summed E-state index contributed by atoms with van der Waals surface area (Å²) in [4.78, 5) is 4.08. The summed E-state index contributed by atoms with van der Waals surface area (Å²) in [7, 11) is -3.71. The van der Waals surface area contributed by atoms with E-state index in [1.165, 1.54) is 12.1 Å². The van der Waals surface area contributed by atoms with Crippen molar-refractivity contribution in [2.45, 2.75) is 17.9 Å². The third-order valence-electron chi connectivity index (χ3n) is 3.80. The van der Waals surface area contributed by atoms with Crippen LogP contribution in [0.15, 0.2) is 72.1 Å². The Morgan fingerprint density at radius 3 is 2.60 bits per heavy atom. The molecule has 1 N–H and O–H groups in total. The van der Waals surface area contributed by atoms with Crippen LogP contribution in [0.2, 0.25) is 0 Å². The van der Waals surface area contributed by atoms with Gasteiger partial charge < -0.3 is 4.57 Å². The van der Waals surface area contributed by atoms with Gasteiger partial charge in [-0.25, -0.2) is 18.1 Å². The van der Waals surface area contributed by atoms with Crippen LogP contribution in [-0.2, 0) is 10.0 Å². The number of sulfonamides is 1. The topological polar surface area (TPSA) is 87.8 Å². The van der Waals surface area contributed by atoms with E-state index in [9.17, 15) is 8.42 Å². The van der Waals surface area contributed by atoms with Crippen LogP contribution in [0.25, 0.3) is 5.69 Å². The molecule has 6 nitrogen and oxygen atoms in total. The predicted octanol–water partition coefficient (Wildman–Crippen LogP) is 2.78. The second kappa shape index (κ2) is 6.89. The number of nitriles is 1. The summed E-state index contributed by atoms with van der Waals surface area (Å²) in [6.07, 6.45) is 5.23. The van der Waals surface area contributed by atoms with Crippen molar-refractivity contribution in [3.8, 4) is 11.8 Å². The lowest BCUT2D eigenvalue weighted by Crippen LogP contribution is -2.27. The fourth-order valence-corrected chi connectivity index (χ4v) is 3.73. The zero-order valence-electron chi connectivity index (χ0n) is 13.5. The van der Waals surface area contributed by atoms with E-state index in [1.54, 1.807) is 31.6 Å². The minimum Gasteiger partial charge on any atom is -0.306 e. The molecule has 3 rings (SSSR count). The van der Waals surface area contributed by atoms with E-state index in [0.717, 1.165) is 11.3 Å². The van der Waals surface area contributed by atoms with Gasteiger partial charge in [0.05, 0.1) is 22.9 Å². The van der Waals surface area contributed by atoms with Crippen molar-refractivity contribution in [2.75, 3.05) is 0 Å². The fourth-order valence-electron chi connectivity index (χ4n) is 2.45. The molecule has 7 heteroatoms. The predicted molar refractivity (Wildman–Crippen MR) is 93.5 cm³/mol. The molecule has 0 amide bonds. The number of nitrogens with one attached hydrogen (secondary N) is 1. The highest BCUT2D eigenvalue weighted by Crippen LogP contribution is 2.19. The fraction of sp³-hybridized carbons (Fsp3) is 0.111. The van der Waals surface area contributed by atoms with E-state index in [-0.39, 0.29) is 4.90 Å². The molecule has 25 heavy (non-hydrogen) atoms. The summed E-state index contributed by atoms with van der Waals surface area (Å²) in [5.74, 6) is 0. The summed E-state index contributed by atoms with van der Waals surface area (Å²) in [5, 5.41) is 8.92. The van der Waals surface area contributed by atoms with Crippen molar-refractivity contribution >= 4 is 10.0 Å². The molecule has 3 aromatic rings. The Morgan fingerprint density at radius 2 is 1.96 bits per heavy atom. The molecule has 0 spiro atoms. The van der Waals surface area contributed by atoms with Crippen molar-refractivity contribution in [2.24, 2.45) is 0 Å². The van der Waals surface area contributed by atoms with Crippen LogP contribution in [0.3, 0.4) is 0 Å². The zero-order chi connectivity index (χ0) is 17.9. The molecule has 0 aliphatic rings. The Labute approximate surface area is 146 Å². The van der Waals surface area contributed by atoms with Crippen LogP contribution in [0.1, 0.15) is 24.1 Å². The van der Waals surface area contributed by atoms with Gasteiger partial charge >= 0.3 is 0 Å². The van der Waals surface area contributed by atoms with E-state index >= 15 is 0 Å². The molecule has 1 heterocycles. The average Bonchev–Trinajstić information content (AvgIpc) is 3.16. The van der Waals surface area contributed by atoms with Crippen molar-refractivity contribution in [1.29, 1.82) is 5.26 Å². The SMILES string of the molecule is CC(NS(=O)(=O)c1cccc(C#N)c1)c1ccc(-n2ccnc2)cc1. The van der Waals surface area contributed by atoms with Gasteiger partial charge in [-0.05, 0) is 42.8 Å². The van der Waals surface area contributed by atoms with E-state index in [4.69, 9.17) is 5.26 Å². The highest BCUT2D eigenvalue weighted by atomic mass is 32.2. The molecule has 0 radical (unpaired) electrons. The largest absolute Gasteiger partial charge is 0.306 e. The number of aromatic nitrogens is 2. The van der Waals surface area contributed by atoms with Gasteiger partial charge in [0, 0.05) is 24.1 Å². The highest BCUT2D eigenvalue weighted by Gasteiger charge is 2.18. The smallest absolute Gasteiger partial charge is 0.241 e. The highest BCUT2D eigenvalue weighted by molar-refractivity contribution is 7.89. The summed E-state index contributed by atoms with van der Waals surface area (Å²) < 4.78 is 29.5. The molecule has 2 aromatic carbocycles. The lowest BCUT2D eigenvalue weighted by Gasteiger charge is -2.15. The van der Waals surface area contributed by atoms with E-state index in [0.29, 0.717) is 5.56 Å². The Bertz CT molecular complexity index is 1000. The van der Waals surface area contributed by atoms with Crippen LogP contribution < -0.4 is 4.72 Å². The van der Waals surface area contributed by atoms with Gasteiger partial charge in [0.1, 0.15) is 0 Å². The van der Waals surface area contributed by atoms with Gasteiger partial charge in [-0.2, -0.15) is 5.26 Å². The first-order chi connectivity index (χ1) is 12.0. The standard InChI is InChI=1S/C18H16N4O2S/c1-14(16-5-7-17(8-6-16)22-10-9-20-13-22)21-25(23,24)18-4-2-3-15(11-18)12-19/h2-11,13-14,21H,1H3. The second-order valence-electron chi connectivity index (χ2n) is 5.54. The van der Waals surface area contributed by atoms with Crippen LogP contribution in [0, 0.1) is 11.3 Å². The third-order valence-corrected chi connectivity index (χ3v) is 5.34. The van der Waals surface area contributed by atoms with E-state index < -0.39 is 16.1 Å². The molecule has 0 fully saturated rings. The van der Waals surface area contributed by atoms with Crippen molar-refractivity contribution in [3.05, 3.63) is 78.4 Å². The first kappa shape index (κ1) is 16.9. The van der Waals surface area contributed by atoms with Gasteiger partial charge in [0.15, 0.2) is 0 Å². The Balaban J connectivity index is 1.79. The summed E-state index contributed by atoms with van der Waals surface area (Å²) in [6.45, 7) is 1.78. The van der Waals surface area contributed by atoms with Crippen molar-refractivity contribution in [3.63, 3.8) is 0 Å². The normalized spacial score (nSPS) is 12.5. The molecule has 1 unspecified atom stereocenters. The monoisotopic (exact) mass is 352 g/mol. The number of nitrogens with zero attached hydrogens (tertiary/aromatic N) is 3. The summed E-state index contributed by atoms with van der Waals surface area (Å²) in [5.41, 5.74) is 2.09. The maximum absolute atomic E-state index is 12.5. The summed E-state index contributed by atoms with van der Waals surface area (Å²) >= 11 is 0. The van der Waals surface area contributed by atoms with Crippen LogP contribution in [0.5, 0.6) is 0 Å². The molecular formula is C18H16N4O2S. The maximum Gasteiger partial charge on any atom is 0.241 e. The molecule has 0 bridgehead atoms. The van der Waals surface area contributed by atoms with Gasteiger partial charge in [-0.3, -0.25) is 0 Å². The Morgan fingerprint density at radius 1 is 1.20 bits per heavy atom. The quantitative estimate of drug-likeness (QED) is 0.765. The van der Waals surface area contributed by atoms with Gasteiger partial charge in [-0.15, -0.1) is 0 Å². The second-order valence-corrected chi connectivity index (χ2v) is 7.26. The number of hydrogen-bond acceptors (Lipinski definition) is 4. The van der Waals surface area contributed by atoms with Gasteiger partial charge in [-0.1, -0.05) is 18.2 Å². The summed E-state index contributed by atoms with van der Waals surface area (Å²) in [6, 6.07) is 15.0. The molecule has 0 saturated heterocycles. The lowest BCUT2D eigenvalue weighted by molar-refractivity contribution is 0.567. The van der Waals surface area contributed by atoms with E-state index in [1.807, 2.05) is 41.1 Å². The zero-order valence-corrected chi connectivity index (χ0v) is 14.3. The average molecular weight is 352 g/mol. The third kappa shape index (κ3) is 3.76. The van der Waals surface area contributed by atoms with Crippen LogP contribution in [-0.4, -0.2) is 18.0 Å².